The number of hydrogen-bond acceptors (Lipinski definition) is 7. The first-order valence-corrected chi connectivity index (χ1v) is 9.85. The van der Waals surface area contributed by atoms with Crippen LogP contribution in [0.1, 0.15) is 28.5 Å². The van der Waals surface area contributed by atoms with Gasteiger partial charge in [-0.15, -0.1) is 0 Å². The molecule has 2 aliphatic rings. The Morgan fingerprint density at radius 1 is 1.23 bits per heavy atom. The van der Waals surface area contributed by atoms with Gasteiger partial charge in [-0.1, -0.05) is 0 Å². The van der Waals surface area contributed by atoms with Crippen LogP contribution in [0.15, 0.2) is 30.3 Å². The summed E-state index contributed by atoms with van der Waals surface area (Å²) in [4.78, 5) is 28.3. The van der Waals surface area contributed by atoms with Gasteiger partial charge >= 0.3 is 0 Å². The van der Waals surface area contributed by atoms with Crippen molar-refractivity contribution in [2.75, 3.05) is 42.6 Å². The summed E-state index contributed by atoms with van der Waals surface area (Å²) in [5.74, 6) is -0.0632. The number of likely N-dealkylation sites (N-methyl/N-ethyl adjacent to an activating group) is 1. The van der Waals surface area contributed by atoms with Crippen molar-refractivity contribution in [1.82, 2.24) is 15.2 Å². The second-order valence-electron chi connectivity index (χ2n) is 7.46. The van der Waals surface area contributed by atoms with Crippen molar-refractivity contribution in [2.24, 2.45) is 0 Å². The average molecular weight is 412 g/mol. The summed E-state index contributed by atoms with van der Waals surface area (Å²) in [6.45, 7) is 6.27. The fourth-order valence-electron chi connectivity index (χ4n) is 3.36. The molecular weight excluding hydrogens is 384 g/mol. The molecule has 1 atom stereocenters. The van der Waals surface area contributed by atoms with Crippen molar-refractivity contribution >= 4 is 29.1 Å². The van der Waals surface area contributed by atoms with Gasteiger partial charge in [-0.25, -0.2) is 4.98 Å². The molecule has 0 fully saturated rings. The number of aliphatic carboxylic acids is 1. The number of nitrogens with zero attached hydrogens (tertiary/aromatic N) is 2. The van der Waals surface area contributed by atoms with Crippen LogP contribution in [0.5, 0.6) is 0 Å². The van der Waals surface area contributed by atoms with Crippen LogP contribution in [0.25, 0.3) is 0 Å². The highest BCUT2D eigenvalue weighted by Crippen LogP contribution is 2.26. The van der Waals surface area contributed by atoms with Gasteiger partial charge in [-0.2, -0.15) is 0 Å². The van der Waals surface area contributed by atoms with E-state index in [1.165, 1.54) is 0 Å². The zero-order valence-corrected chi connectivity index (χ0v) is 17.5. The minimum absolute atomic E-state index is 0.0584. The molecule has 9 nitrogen and oxygen atoms in total. The summed E-state index contributed by atoms with van der Waals surface area (Å²) in [7, 11) is 2.09. The molecule has 4 rings (SSSR count). The second kappa shape index (κ2) is 9.45. The largest absolute Gasteiger partial charge is 0.481 e. The standard InChI is InChI=1S/C19H24N6O.C2H4O2/c1-12-3-5-16-18(22-12)24-17(23-16)10-21-19(26)13-4-6-15-14(9-13)11-25(2)8-7-20-15;1-2(3)4/h3-6,9,17,20,23H,7-8,10-11H2,1-2H3,(H,21,26)(H,22,24);1H3,(H,3,4). The van der Waals surface area contributed by atoms with E-state index in [1.807, 2.05) is 37.3 Å². The predicted molar refractivity (Wildman–Crippen MR) is 117 cm³/mol. The number of carbonyl (C=O) groups is 2. The maximum Gasteiger partial charge on any atom is 0.300 e. The molecule has 3 heterocycles. The first-order chi connectivity index (χ1) is 14.3. The van der Waals surface area contributed by atoms with E-state index in [2.05, 4.69) is 38.2 Å². The number of rotatable bonds is 3. The maximum absolute atomic E-state index is 12.6. The van der Waals surface area contributed by atoms with Crippen molar-refractivity contribution < 1.29 is 14.7 Å². The molecule has 2 aliphatic heterocycles. The fourth-order valence-corrected chi connectivity index (χ4v) is 3.36. The first-order valence-electron chi connectivity index (χ1n) is 9.85. The molecular formula is C21H28N6O3. The molecule has 0 bridgehead atoms. The van der Waals surface area contributed by atoms with Crippen LogP contribution >= 0.6 is 0 Å². The lowest BCUT2D eigenvalue weighted by Gasteiger charge is -2.15. The molecule has 2 aromatic rings. The predicted octanol–water partition coefficient (Wildman–Crippen LogP) is 1.93. The molecule has 1 amide bonds. The number of pyridine rings is 1. The van der Waals surface area contributed by atoms with E-state index in [9.17, 15) is 4.79 Å². The van der Waals surface area contributed by atoms with Crippen LogP contribution in [0.4, 0.5) is 17.2 Å². The van der Waals surface area contributed by atoms with E-state index in [-0.39, 0.29) is 12.1 Å². The van der Waals surface area contributed by atoms with Gasteiger partial charge in [-0.3, -0.25) is 9.59 Å². The number of fused-ring (bicyclic) bond motifs is 2. The van der Waals surface area contributed by atoms with Crippen molar-refractivity contribution in [1.29, 1.82) is 0 Å². The lowest BCUT2D eigenvalue weighted by molar-refractivity contribution is -0.134. The van der Waals surface area contributed by atoms with Crippen LogP contribution < -0.4 is 21.3 Å². The second-order valence-corrected chi connectivity index (χ2v) is 7.46. The average Bonchev–Trinajstić information content (AvgIpc) is 2.98. The van der Waals surface area contributed by atoms with Gasteiger partial charge < -0.3 is 31.3 Å². The number of nitrogens with one attached hydrogen (secondary N) is 4. The highest BCUT2D eigenvalue weighted by molar-refractivity contribution is 5.95. The summed E-state index contributed by atoms with van der Waals surface area (Å²) >= 11 is 0. The summed E-state index contributed by atoms with van der Waals surface area (Å²) < 4.78 is 0. The molecule has 1 aromatic heterocycles. The number of carboxylic acid groups (broad SMARTS) is 1. The number of carboxylic acids is 1. The van der Waals surface area contributed by atoms with E-state index < -0.39 is 5.97 Å². The maximum atomic E-state index is 12.6. The molecule has 0 spiro atoms. The van der Waals surface area contributed by atoms with Crippen molar-refractivity contribution in [2.45, 2.75) is 26.6 Å². The quantitative estimate of drug-likeness (QED) is 0.519. The summed E-state index contributed by atoms with van der Waals surface area (Å²) in [5, 5.41) is 20.4. The zero-order chi connectivity index (χ0) is 21.7. The van der Waals surface area contributed by atoms with Crippen LogP contribution in [-0.4, -0.2) is 59.7 Å². The Morgan fingerprint density at radius 3 is 2.73 bits per heavy atom. The van der Waals surface area contributed by atoms with Crippen molar-refractivity contribution in [3.8, 4) is 0 Å². The number of carbonyl (C=O) groups excluding carboxylic acids is 1. The number of anilines is 3. The third-order valence-electron chi connectivity index (χ3n) is 4.76. The number of benzene rings is 1. The van der Waals surface area contributed by atoms with Gasteiger partial charge in [0.05, 0.1) is 12.2 Å². The van der Waals surface area contributed by atoms with Crippen LogP contribution in [0, 0.1) is 6.92 Å². The third kappa shape index (κ3) is 5.60. The minimum atomic E-state index is -0.833. The molecule has 0 aliphatic carbocycles. The lowest BCUT2D eigenvalue weighted by Crippen LogP contribution is -2.38. The minimum Gasteiger partial charge on any atom is -0.481 e. The van der Waals surface area contributed by atoms with Crippen LogP contribution in [0.2, 0.25) is 0 Å². The molecule has 30 heavy (non-hydrogen) atoms. The fraction of sp³-hybridized carbons (Fsp3) is 0.381. The lowest BCUT2D eigenvalue weighted by atomic mass is 10.1. The monoisotopic (exact) mass is 412 g/mol. The summed E-state index contributed by atoms with van der Waals surface area (Å²) in [6, 6.07) is 9.83. The van der Waals surface area contributed by atoms with E-state index in [1.54, 1.807) is 0 Å². The number of aryl methyl sites for hydroxylation is 1. The Labute approximate surface area is 175 Å². The molecule has 1 aromatic carbocycles. The van der Waals surface area contributed by atoms with Gasteiger partial charge in [0.2, 0.25) is 0 Å². The number of aromatic nitrogens is 1. The molecule has 0 saturated carbocycles. The van der Waals surface area contributed by atoms with Crippen LogP contribution in [0.3, 0.4) is 0 Å². The van der Waals surface area contributed by atoms with E-state index in [0.29, 0.717) is 12.1 Å². The van der Waals surface area contributed by atoms with Gasteiger partial charge in [-0.05, 0) is 49.9 Å². The Bertz CT molecular complexity index is 929. The molecule has 0 radical (unpaired) electrons. The summed E-state index contributed by atoms with van der Waals surface area (Å²) in [6.07, 6.45) is -0.0584. The zero-order valence-electron chi connectivity index (χ0n) is 17.5. The number of amides is 1. The molecule has 1 unspecified atom stereocenters. The Balaban J connectivity index is 0.000000589. The van der Waals surface area contributed by atoms with E-state index >= 15 is 0 Å². The topological polar surface area (TPSA) is 119 Å². The Kier molecular flexibility index (Phi) is 6.73. The van der Waals surface area contributed by atoms with Gasteiger partial charge in [0, 0.05) is 43.5 Å². The molecule has 5 N–H and O–H groups in total. The normalized spacial score (nSPS) is 17.0. The van der Waals surface area contributed by atoms with Gasteiger partial charge in [0.15, 0.2) is 5.82 Å². The molecule has 9 heteroatoms. The van der Waals surface area contributed by atoms with Crippen LogP contribution in [-0.2, 0) is 11.3 Å². The van der Waals surface area contributed by atoms with Crippen molar-refractivity contribution in [3.63, 3.8) is 0 Å². The highest BCUT2D eigenvalue weighted by Gasteiger charge is 2.21. The highest BCUT2D eigenvalue weighted by atomic mass is 16.4. The number of hydrogen-bond donors (Lipinski definition) is 5. The summed E-state index contributed by atoms with van der Waals surface area (Å²) in [5.41, 5.74) is 4.88. The Hall–Kier alpha value is -3.33. The van der Waals surface area contributed by atoms with Crippen molar-refractivity contribution in [3.05, 3.63) is 47.2 Å². The molecule has 160 valence electrons. The Morgan fingerprint density at radius 2 is 1.97 bits per heavy atom. The first kappa shape index (κ1) is 21.4. The van der Waals surface area contributed by atoms with Gasteiger partial charge in [0.25, 0.3) is 11.9 Å². The third-order valence-corrected chi connectivity index (χ3v) is 4.76. The van der Waals surface area contributed by atoms with E-state index in [0.717, 1.165) is 55.0 Å². The van der Waals surface area contributed by atoms with E-state index in [4.69, 9.17) is 9.90 Å². The van der Waals surface area contributed by atoms with Gasteiger partial charge in [0.1, 0.15) is 6.17 Å². The smallest absolute Gasteiger partial charge is 0.300 e. The SMILES string of the molecule is CC(=O)O.Cc1ccc2c(n1)NC(CNC(=O)c1ccc3c(c1)CN(C)CCN3)N2. The molecule has 0 saturated heterocycles.